The second-order valence-electron chi connectivity index (χ2n) is 3.19. The SMILES string of the molecule is O=C(c1cc(Cl)ccc1F)c1cc(Br)sc1Br. The Kier molecular flexibility index (Phi) is 4.02. The van der Waals surface area contributed by atoms with Gasteiger partial charge < -0.3 is 0 Å². The van der Waals surface area contributed by atoms with Gasteiger partial charge in [0.2, 0.25) is 0 Å². The molecule has 0 saturated heterocycles. The maximum atomic E-state index is 13.5. The van der Waals surface area contributed by atoms with Gasteiger partial charge >= 0.3 is 0 Å². The van der Waals surface area contributed by atoms with Crippen molar-refractivity contribution in [3.63, 3.8) is 0 Å². The summed E-state index contributed by atoms with van der Waals surface area (Å²) in [5, 5.41) is 0.333. The number of thiophene rings is 1. The first kappa shape index (κ1) is 13.2. The quantitative estimate of drug-likeness (QED) is 0.628. The van der Waals surface area contributed by atoms with Crippen molar-refractivity contribution in [2.24, 2.45) is 0 Å². The molecule has 17 heavy (non-hydrogen) atoms. The molecule has 1 nitrogen and oxygen atoms in total. The molecule has 0 N–H and O–H groups in total. The highest BCUT2D eigenvalue weighted by molar-refractivity contribution is 9.12. The van der Waals surface area contributed by atoms with Crippen LogP contribution >= 0.6 is 54.8 Å². The lowest BCUT2D eigenvalue weighted by atomic mass is 10.1. The average molecular weight is 398 g/mol. The number of hydrogen-bond acceptors (Lipinski definition) is 2. The van der Waals surface area contributed by atoms with Crippen LogP contribution in [0.15, 0.2) is 31.8 Å². The summed E-state index contributed by atoms with van der Waals surface area (Å²) in [5.41, 5.74) is 0.395. The minimum absolute atomic E-state index is 0.0245. The number of halogens is 4. The van der Waals surface area contributed by atoms with Crippen molar-refractivity contribution >= 4 is 60.6 Å². The molecular weight excluding hydrogens is 394 g/mol. The van der Waals surface area contributed by atoms with Gasteiger partial charge in [0.25, 0.3) is 0 Å². The van der Waals surface area contributed by atoms with Crippen LogP contribution in [0.4, 0.5) is 4.39 Å². The minimum atomic E-state index is -0.575. The minimum Gasteiger partial charge on any atom is -0.288 e. The Morgan fingerprint density at radius 1 is 1.24 bits per heavy atom. The van der Waals surface area contributed by atoms with Crippen molar-refractivity contribution in [1.82, 2.24) is 0 Å². The van der Waals surface area contributed by atoms with Gasteiger partial charge in [0.15, 0.2) is 5.78 Å². The number of benzene rings is 1. The lowest BCUT2D eigenvalue weighted by molar-refractivity contribution is 0.103. The molecular formula is C11H4Br2ClFOS. The molecule has 0 unspecified atom stereocenters. The molecule has 88 valence electrons. The number of carbonyl (C=O) groups is 1. The molecule has 0 fully saturated rings. The van der Waals surface area contributed by atoms with Gasteiger partial charge in [0, 0.05) is 10.6 Å². The van der Waals surface area contributed by atoms with Crippen molar-refractivity contribution in [3.05, 3.63) is 53.8 Å². The maximum absolute atomic E-state index is 13.5. The molecule has 0 bridgehead atoms. The Hall–Kier alpha value is -0.230. The fourth-order valence-corrected chi connectivity index (χ4v) is 4.28. The zero-order valence-electron chi connectivity index (χ0n) is 8.14. The molecule has 0 saturated carbocycles. The number of ketones is 1. The molecule has 0 aliphatic heterocycles. The summed E-state index contributed by atoms with van der Waals surface area (Å²) in [4.78, 5) is 12.1. The van der Waals surface area contributed by atoms with E-state index in [-0.39, 0.29) is 11.3 Å². The van der Waals surface area contributed by atoms with E-state index in [4.69, 9.17) is 11.6 Å². The second kappa shape index (κ2) is 5.18. The molecule has 0 spiro atoms. The highest BCUT2D eigenvalue weighted by Crippen LogP contribution is 2.33. The van der Waals surface area contributed by atoms with E-state index >= 15 is 0 Å². The predicted octanol–water partition coefficient (Wildman–Crippen LogP) is 5.30. The fourth-order valence-electron chi connectivity index (χ4n) is 1.31. The Balaban J connectivity index is 2.50. The van der Waals surface area contributed by atoms with Crippen LogP contribution in [0.25, 0.3) is 0 Å². The number of carbonyl (C=O) groups excluding carboxylic acids is 1. The Bertz CT molecular complexity index is 597. The summed E-state index contributed by atoms with van der Waals surface area (Å²) >= 11 is 13.7. The van der Waals surface area contributed by atoms with Crippen molar-refractivity contribution < 1.29 is 9.18 Å². The molecule has 1 heterocycles. The summed E-state index contributed by atoms with van der Waals surface area (Å²) in [5.74, 6) is -0.965. The molecule has 6 heteroatoms. The number of rotatable bonds is 2. The van der Waals surface area contributed by atoms with E-state index < -0.39 is 5.82 Å². The Morgan fingerprint density at radius 2 is 1.94 bits per heavy atom. The van der Waals surface area contributed by atoms with Crippen molar-refractivity contribution in [1.29, 1.82) is 0 Å². The lowest BCUT2D eigenvalue weighted by Gasteiger charge is -2.02. The van der Waals surface area contributed by atoms with Gasteiger partial charge in [-0.2, -0.15) is 0 Å². The molecule has 0 aliphatic carbocycles. The maximum Gasteiger partial charge on any atom is 0.198 e. The van der Waals surface area contributed by atoms with E-state index in [1.807, 2.05) is 0 Å². The molecule has 0 amide bonds. The first-order valence-electron chi connectivity index (χ1n) is 4.43. The van der Waals surface area contributed by atoms with Gasteiger partial charge in [-0.05, 0) is 56.1 Å². The van der Waals surface area contributed by atoms with Crippen LogP contribution in [0.5, 0.6) is 0 Å². The highest BCUT2D eigenvalue weighted by Gasteiger charge is 2.19. The molecule has 0 atom stereocenters. The molecule has 1 aromatic heterocycles. The fraction of sp³-hybridized carbons (Fsp3) is 0. The van der Waals surface area contributed by atoms with Crippen molar-refractivity contribution in [3.8, 4) is 0 Å². The van der Waals surface area contributed by atoms with E-state index in [9.17, 15) is 9.18 Å². The summed E-state index contributed by atoms with van der Waals surface area (Å²) in [6.07, 6.45) is 0. The Labute approximate surface area is 123 Å². The van der Waals surface area contributed by atoms with E-state index in [2.05, 4.69) is 31.9 Å². The molecule has 1 aromatic carbocycles. The van der Waals surface area contributed by atoms with Gasteiger partial charge in [0.05, 0.1) is 13.1 Å². The molecule has 2 aromatic rings. The zero-order chi connectivity index (χ0) is 12.6. The van der Waals surface area contributed by atoms with Crippen LogP contribution in [0.3, 0.4) is 0 Å². The molecule has 2 rings (SSSR count). The summed E-state index contributed by atoms with van der Waals surface area (Å²) in [7, 11) is 0. The first-order chi connectivity index (χ1) is 7.99. The second-order valence-corrected chi connectivity index (χ2v) is 7.38. The topological polar surface area (TPSA) is 17.1 Å². The van der Waals surface area contributed by atoms with Crippen LogP contribution < -0.4 is 0 Å². The standard InChI is InChI=1S/C11H4Br2ClFOS/c12-9-4-7(11(13)17-9)10(16)6-3-5(14)1-2-8(6)15/h1-4H. The summed E-state index contributed by atoms with van der Waals surface area (Å²) in [6, 6.07) is 5.58. The van der Waals surface area contributed by atoms with E-state index in [0.29, 0.717) is 14.4 Å². The normalized spacial score (nSPS) is 10.6. The molecule has 0 aliphatic rings. The Morgan fingerprint density at radius 3 is 2.53 bits per heavy atom. The number of hydrogen-bond donors (Lipinski definition) is 0. The van der Waals surface area contributed by atoms with Crippen LogP contribution in [0, 0.1) is 5.82 Å². The van der Waals surface area contributed by atoms with Gasteiger partial charge in [-0.25, -0.2) is 4.39 Å². The van der Waals surface area contributed by atoms with Crippen molar-refractivity contribution in [2.75, 3.05) is 0 Å². The van der Waals surface area contributed by atoms with E-state index in [1.165, 1.54) is 29.5 Å². The largest absolute Gasteiger partial charge is 0.288 e. The monoisotopic (exact) mass is 396 g/mol. The van der Waals surface area contributed by atoms with Crippen LogP contribution in [0.2, 0.25) is 5.02 Å². The third-order valence-electron chi connectivity index (χ3n) is 2.07. The smallest absolute Gasteiger partial charge is 0.198 e. The van der Waals surface area contributed by atoms with Crippen LogP contribution in [-0.2, 0) is 0 Å². The highest BCUT2D eigenvalue weighted by atomic mass is 79.9. The zero-order valence-corrected chi connectivity index (χ0v) is 12.9. The predicted molar refractivity (Wildman–Crippen MR) is 74.6 cm³/mol. The third kappa shape index (κ3) is 2.78. The van der Waals surface area contributed by atoms with Gasteiger partial charge in [-0.15, -0.1) is 11.3 Å². The van der Waals surface area contributed by atoms with E-state index in [0.717, 1.165) is 3.79 Å². The third-order valence-corrected chi connectivity index (χ3v) is 4.65. The van der Waals surface area contributed by atoms with Gasteiger partial charge in [0.1, 0.15) is 5.82 Å². The van der Waals surface area contributed by atoms with E-state index in [1.54, 1.807) is 6.07 Å². The molecule has 0 radical (unpaired) electrons. The van der Waals surface area contributed by atoms with Gasteiger partial charge in [-0.3, -0.25) is 4.79 Å². The van der Waals surface area contributed by atoms with Crippen molar-refractivity contribution in [2.45, 2.75) is 0 Å². The van der Waals surface area contributed by atoms with Gasteiger partial charge in [-0.1, -0.05) is 11.6 Å². The first-order valence-corrected chi connectivity index (χ1v) is 7.21. The summed E-state index contributed by atoms with van der Waals surface area (Å²) in [6.45, 7) is 0. The lowest BCUT2D eigenvalue weighted by Crippen LogP contribution is -2.03. The summed E-state index contributed by atoms with van der Waals surface area (Å²) < 4.78 is 15.0. The van der Waals surface area contributed by atoms with Crippen LogP contribution in [-0.4, -0.2) is 5.78 Å². The van der Waals surface area contributed by atoms with Crippen LogP contribution in [0.1, 0.15) is 15.9 Å². The average Bonchev–Trinajstić information content (AvgIpc) is 2.60.